The molecule has 0 atom stereocenters. The summed E-state index contributed by atoms with van der Waals surface area (Å²) in [7, 11) is -3.49. The smallest absolute Gasteiger partial charge is 0.248 e. The van der Waals surface area contributed by atoms with Gasteiger partial charge < -0.3 is 10.2 Å². The third-order valence-electron chi connectivity index (χ3n) is 5.26. The predicted octanol–water partition coefficient (Wildman–Crippen LogP) is 4.26. The number of para-hydroxylation sites is 2. The monoisotopic (exact) mass is 467 g/mol. The molecular weight excluding hydrogens is 442 g/mol. The maximum atomic E-state index is 12.6. The van der Waals surface area contributed by atoms with E-state index in [2.05, 4.69) is 26.4 Å². The SMILES string of the molecule is CCNS(=O)(=O)c1ccc(/C=C/C(=O)Nc2ccccc2N2CCc3sccc3C2)cc1. The normalized spacial score (nSPS) is 13.8. The van der Waals surface area contributed by atoms with Crippen LogP contribution >= 0.6 is 11.3 Å². The molecule has 0 spiro atoms. The van der Waals surface area contributed by atoms with Crippen molar-refractivity contribution >= 4 is 44.7 Å². The summed E-state index contributed by atoms with van der Waals surface area (Å²) in [5.74, 6) is -0.241. The van der Waals surface area contributed by atoms with E-state index in [1.165, 1.54) is 28.6 Å². The van der Waals surface area contributed by atoms with E-state index >= 15 is 0 Å². The second kappa shape index (κ2) is 9.68. The van der Waals surface area contributed by atoms with Crippen LogP contribution in [-0.2, 0) is 27.8 Å². The van der Waals surface area contributed by atoms with Crippen molar-refractivity contribution in [3.8, 4) is 0 Å². The minimum absolute atomic E-state index is 0.199. The fourth-order valence-electron chi connectivity index (χ4n) is 3.69. The number of benzene rings is 2. The number of nitrogens with one attached hydrogen (secondary N) is 2. The highest BCUT2D eigenvalue weighted by atomic mass is 32.2. The van der Waals surface area contributed by atoms with E-state index in [0.717, 1.165) is 36.4 Å². The lowest BCUT2D eigenvalue weighted by atomic mass is 10.1. The van der Waals surface area contributed by atoms with Crippen molar-refractivity contribution in [2.24, 2.45) is 0 Å². The molecule has 0 fully saturated rings. The molecule has 0 radical (unpaired) electrons. The second-order valence-electron chi connectivity index (χ2n) is 7.45. The Morgan fingerprint density at radius 3 is 2.69 bits per heavy atom. The Kier molecular flexibility index (Phi) is 6.74. The molecule has 0 saturated carbocycles. The Labute approximate surface area is 192 Å². The molecule has 0 aliphatic carbocycles. The molecule has 2 heterocycles. The number of hydrogen-bond acceptors (Lipinski definition) is 5. The van der Waals surface area contributed by atoms with Gasteiger partial charge in [0.05, 0.1) is 16.3 Å². The lowest BCUT2D eigenvalue weighted by Gasteiger charge is -2.30. The summed E-state index contributed by atoms with van der Waals surface area (Å²) in [5, 5.41) is 5.11. The Morgan fingerprint density at radius 2 is 1.91 bits per heavy atom. The first kappa shape index (κ1) is 22.3. The largest absolute Gasteiger partial charge is 0.365 e. The van der Waals surface area contributed by atoms with Crippen LogP contribution < -0.4 is 14.9 Å². The number of anilines is 2. The predicted molar refractivity (Wildman–Crippen MR) is 130 cm³/mol. The summed E-state index contributed by atoms with van der Waals surface area (Å²) in [5.41, 5.74) is 3.86. The quantitative estimate of drug-likeness (QED) is 0.509. The van der Waals surface area contributed by atoms with Gasteiger partial charge >= 0.3 is 0 Å². The molecule has 2 aromatic carbocycles. The van der Waals surface area contributed by atoms with Gasteiger partial charge in [-0.15, -0.1) is 11.3 Å². The number of rotatable bonds is 7. The van der Waals surface area contributed by atoms with Crippen LogP contribution in [0.3, 0.4) is 0 Å². The van der Waals surface area contributed by atoms with E-state index < -0.39 is 10.0 Å². The van der Waals surface area contributed by atoms with Crippen molar-refractivity contribution in [3.05, 3.63) is 82.1 Å². The van der Waals surface area contributed by atoms with Gasteiger partial charge in [0.15, 0.2) is 0 Å². The lowest BCUT2D eigenvalue weighted by Crippen LogP contribution is -2.30. The maximum Gasteiger partial charge on any atom is 0.248 e. The molecule has 1 aliphatic rings. The lowest BCUT2D eigenvalue weighted by molar-refractivity contribution is -0.111. The number of amides is 1. The number of carbonyl (C=O) groups excluding carboxylic acids is 1. The molecule has 1 aliphatic heterocycles. The van der Waals surface area contributed by atoms with E-state index in [1.807, 2.05) is 24.3 Å². The molecule has 3 aromatic rings. The average Bonchev–Trinajstić information content (AvgIpc) is 3.26. The Balaban J connectivity index is 1.43. The fraction of sp³-hybridized carbons (Fsp3) is 0.208. The molecular formula is C24H25N3O3S2. The van der Waals surface area contributed by atoms with E-state index in [4.69, 9.17) is 0 Å². The summed E-state index contributed by atoms with van der Waals surface area (Å²) in [6.07, 6.45) is 4.13. The summed E-state index contributed by atoms with van der Waals surface area (Å²) < 4.78 is 26.5. The molecule has 4 rings (SSSR count). The highest BCUT2D eigenvalue weighted by Gasteiger charge is 2.19. The minimum Gasteiger partial charge on any atom is -0.365 e. The molecule has 0 bridgehead atoms. The average molecular weight is 468 g/mol. The van der Waals surface area contributed by atoms with Crippen molar-refractivity contribution in [2.45, 2.75) is 24.8 Å². The van der Waals surface area contributed by atoms with Crippen LogP contribution in [-0.4, -0.2) is 27.4 Å². The summed E-state index contributed by atoms with van der Waals surface area (Å²) in [6, 6.07) is 16.4. The maximum absolute atomic E-state index is 12.6. The Morgan fingerprint density at radius 1 is 1.12 bits per heavy atom. The van der Waals surface area contributed by atoms with Gasteiger partial charge in [-0.25, -0.2) is 13.1 Å². The molecule has 6 nitrogen and oxygen atoms in total. The highest BCUT2D eigenvalue weighted by Crippen LogP contribution is 2.32. The minimum atomic E-state index is -3.49. The second-order valence-corrected chi connectivity index (χ2v) is 10.2. The van der Waals surface area contributed by atoms with E-state index in [1.54, 1.807) is 36.5 Å². The molecule has 0 saturated heterocycles. The van der Waals surface area contributed by atoms with Gasteiger partial charge in [0.1, 0.15) is 0 Å². The van der Waals surface area contributed by atoms with Gasteiger partial charge in [-0.2, -0.15) is 0 Å². The van der Waals surface area contributed by atoms with Crippen LogP contribution in [0.1, 0.15) is 22.9 Å². The first-order chi connectivity index (χ1) is 15.5. The summed E-state index contributed by atoms with van der Waals surface area (Å²) in [4.78, 5) is 16.5. The number of nitrogens with zero attached hydrogens (tertiary/aromatic N) is 1. The number of fused-ring (bicyclic) bond motifs is 1. The molecule has 8 heteroatoms. The zero-order valence-corrected chi connectivity index (χ0v) is 19.4. The zero-order chi connectivity index (χ0) is 22.6. The van der Waals surface area contributed by atoms with Crippen LogP contribution in [0.2, 0.25) is 0 Å². The topological polar surface area (TPSA) is 78.5 Å². The van der Waals surface area contributed by atoms with Crippen LogP contribution in [0.4, 0.5) is 11.4 Å². The Hall–Kier alpha value is -2.94. The van der Waals surface area contributed by atoms with Gasteiger partial charge in [-0.1, -0.05) is 31.2 Å². The van der Waals surface area contributed by atoms with Crippen LogP contribution in [0.5, 0.6) is 0 Å². The number of thiophene rings is 1. The van der Waals surface area contributed by atoms with Crippen LogP contribution in [0.25, 0.3) is 6.08 Å². The number of carbonyl (C=O) groups is 1. The number of sulfonamides is 1. The number of hydrogen-bond donors (Lipinski definition) is 2. The molecule has 1 amide bonds. The zero-order valence-electron chi connectivity index (χ0n) is 17.7. The van der Waals surface area contributed by atoms with Gasteiger partial charge in [0, 0.05) is 30.6 Å². The van der Waals surface area contributed by atoms with Crippen molar-refractivity contribution in [3.63, 3.8) is 0 Å². The third kappa shape index (κ3) is 5.09. The van der Waals surface area contributed by atoms with Gasteiger partial charge in [0.2, 0.25) is 15.9 Å². The fourth-order valence-corrected chi connectivity index (χ4v) is 5.62. The van der Waals surface area contributed by atoms with Gasteiger partial charge in [-0.05, 0) is 59.3 Å². The first-order valence-corrected chi connectivity index (χ1v) is 12.8. The first-order valence-electron chi connectivity index (χ1n) is 10.4. The summed E-state index contributed by atoms with van der Waals surface area (Å²) >= 11 is 1.80. The van der Waals surface area contributed by atoms with Crippen molar-refractivity contribution in [2.75, 3.05) is 23.3 Å². The Bertz CT molecular complexity index is 1230. The van der Waals surface area contributed by atoms with Gasteiger partial charge in [0.25, 0.3) is 0 Å². The van der Waals surface area contributed by atoms with E-state index in [-0.39, 0.29) is 10.8 Å². The van der Waals surface area contributed by atoms with Crippen molar-refractivity contribution in [1.82, 2.24) is 4.72 Å². The summed E-state index contributed by atoms with van der Waals surface area (Å²) in [6.45, 7) is 3.82. The highest BCUT2D eigenvalue weighted by molar-refractivity contribution is 7.89. The molecule has 1 aromatic heterocycles. The third-order valence-corrected chi connectivity index (χ3v) is 7.85. The van der Waals surface area contributed by atoms with E-state index in [0.29, 0.717) is 6.54 Å². The van der Waals surface area contributed by atoms with Crippen molar-refractivity contribution in [1.29, 1.82) is 0 Å². The molecule has 0 unspecified atom stereocenters. The van der Waals surface area contributed by atoms with Gasteiger partial charge in [-0.3, -0.25) is 4.79 Å². The van der Waals surface area contributed by atoms with Crippen LogP contribution in [0, 0.1) is 0 Å². The van der Waals surface area contributed by atoms with Crippen LogP contribution in [0.15, 0.2) is 70.9 Å². The molecule has 2 N–H and O–H groups in total. The molecule has 166 valence electrons. The van der Waals surface area contributed by atoms with Crippen molar-refractivity contribution < 1.29 is 13.2 Å². The molecule has 32 heavy (non-hydrogen) atoms. The van der Waals surface area contributed by atoms with E-state index in [9.17, 15) is 13.2 Å². The standard InChI is InChI=1S/C24H25N3O3S2/c1-2-25-32(29,30)20-10-7-18(8-11-20)9-12-24(28)26-21-5-3-4-6-22(21)27-15-13-23-19(17-27)14-16-31-23/h3-12,14,16,25H,2,13,15,17H2,1H3,(H,26,28)/b12-9+.